The number of hydrogen-bond donors (Lipinski definition) is 1. The van der Waals surface area contributed by atoms with Gasteiger partial charge < -0.3 is 9.88 Å². The molecule has 0 saturated heterocycles. The van der Waals surface area contributed by atoms with E-state index in [9.17, 15) is 4.79 Å². The first-order chi connectivity index (χ1) is 13.8. The fourth-order valence-corrected chi connectivity index (χ4v) is 3.52. The number of tetrazole rings is 1. The van der Waals surface area contributed by atoms with Crippen LogP contribution in [0.25, 0.3) is 22.6 Å². The third-order valence-corrected chi connectivity index (χ3v) is 4.95. The quantitative estimate of drug-likeness (QED) is 0.573. The third-order valence-electron chi connectivity index (χ3n) is 4.95. The van der Waals surface area contributed by atoms with E-state index in [0.29, 0.717) is 19.5 Å². The second-order valence-corrected chi connectivity index (χ2v) is 6.84. The van der Waals surface area contributed by atoms with Gasteiger partial charge in [-0.2, -0.15) is 5.10 Å². The second-order valence-electron chi connectivity index (χ2n) is 6.84. The zero-order chi connectivity index (χ0) is 18.9. The zero-order valence-electron chi connectivity index (χ0n) is 15.2. The number of rotatable bonds is 4. The zero-order valence-corrected chi connectivity index (χ0v) is 15.2. The number of benzene rings is 1. The summed E-state index contributed by atoms with van der Waals surface area (Å²) in [5, 5.41) is 15.7. The number of H-pyrrole nitrogens is 1. The predicted octanol–water partition coefficient (Wildman–Crippen LogP) is 1.24. The van der Waals surface area contributed by atoms with Crippen LogP contribution in [-0.2, 0) is 24.4 Å². The number of nitrogens with zero attached hydrogens (tertiary/aromatic N) is 8. The fraction of sp³-hybridized carbons (Fsp3) is 0.333. The monoisotopic (exact) mass is 377 g/mol. The summed E-state index contributed by atoms with van der Waals surface area (Å²) >= 11 is 0. The van der Waals surface area contributed by atoms with Gasteiger partial charge in [0.05, 0.1) is 29.8 Å². The van der Waals surface area contributed by atoms with Gasteiger partial charge in [0.25, 0.3) is 0 Å². The van der Waals surface area contributed by atoms with Gasteiger partial charge in [0.15, 0.2) is 5.82 Å². The summed E-state index contributed by atoms with van der Waals surface area (Å²) < 4.78 is 3.55. The number of fused-ring (bicyclic) bond motifs is 2. The fourth-order valence-electron chi connectivity index (χ4n) is 3.52. The highest BCUT2D eigenvalue weighted by atomic mass is 16.2. The van der Waals surface area contributed by atoms with Crippen LogP contribution in [0.3, 0.4) is 0 Å². The Morgan fingerprint density at radius 3 is 3.00 bits per heavy atom. The molecule has 10 nitrogen and oxygen atoms in total. The number of nitrogens with one attached hydrogen (secondary N) is 1. The van der Waals surface area contributed by atoms with Crippen molar-refractivity contribution in [2.24, 2.45) is 0 Å². The maximum Gasteiger partial charge on any atom is 0.224 e. The van der Waals surface area contributed by atoms with Gasteiger partial charge in [-0.25, -0.2) is 9.67 Å². The molecule has 0 aliphatic carbocycles. The number of para-hydroxylation sites is 2. The number of aryl methyl sites for hydroxylation is 2. The second kappa shape index (κ2) is 6.87. The third kappa shape index (κ3) is 3.13. The van der Waals surface area contributed by atoms with Crippen molar-refractivity contribution in [3.05, 3.63) is 42.4 Å². The summed E-state index contributed by atoms with van der Waals surface area (Å²) in [4.78, 5) is 22.5. The lowest BCUT2D eigenvalue weighted by atomic mass is 10.3. The Kier molecular flexibility index (Phi) is 4.08. The Labute approximate surface area is 160 Å². The first-order valence-electron chi connectivity index (χ1n) is 9.27. The Morgan fingerprint density at radius 1 is 1.21 bits per heavy atom. The first kappa shape index (κ1) is 16.6. The van der Waals surface area contributed by atoms with E-state index in [1.54, 1.807) is 4.68 Å². The van der Waals surface area contributed by atoms with E-state index in [1.807, 2.05) is 39.9 Å². The molecule has 1 amide bonds. The molecule has 3 aromatic heterocycles. The summed E-state index contributed by atoms with van der Waals surface area (Å²) in [6.07, 6.45) is 2.75. The van der Waals surface area contributed by atoms with Crippen molar-refractivity contribution in [1.29, 1.82) is 0 Å². The molecule has 4 heterocycles. The van der Waals surface area contributed by atoms with E-state index in [0.717, 1.165) is 47.8 Å². The minimum absolute atomic E-state index is 0.0930. The number of aromatic nitrogens is 8. The molecule has 1 N–H and O–H groups in total. The summed E-state index contributed by atoms with van der Waals surface area (Å²) in [5.74, 6) is 0.841. The maximum absolute atomic E-state index is 12.6. The van der Waals surface area contributed by atoms with Crippen LogP contribution in [-0.4, -0.2) is 57.3 Å². The molecule has 4 aromatic rings. The molecule has 0 bridgehead atoms. The standard InChI is InChI=1S/C18H19N9O/c28-17(6-9-26-12-19-23-24-26)25-7-3-8-27-13(11-25)10-16(22-27)18-20-14-4-1-2-5-15(14)21-18/h1-2,4-5,10,12H,3,6-9,11H2,(H,20,21). The van der Waals surface area contributed by atoms with Crippen molar-refractivity contribution in [2.75, 3.05) is 6.54 Å². The van der Waals surface area contributed by atoms with Gasteiger partial charge in [0.1, 0.15) is 12.0 Å². The lowest BCUT2D eigenvalue weighted by Gasteiger charge is -2.19. The highest BCUT2D eigenvalue weighted by Gasteiger charge is 2.21. The van der Waals surface area contributed by atoms with Gasteiger partial charge in [0, 0.05) is 19.5 Å². The van der Waals surface area contributed by atoms with Gasteiger partial charge in [-0.1, -0.05) is 12.1 Å². The molecule has 142 valence electrons. The molecule has 10 heteroatoms. The number of aromatic amines is 1. The molecule has 1 aromatic carbocycles. The van der Waals surface area contributed by atoms with Crippen molar-refractivity contribution >= 4 is 16.9 Å². The van der Waals surface area contributed by atoms with Crippen molar-refractivity contribution in [3.63, 3.8) is 0 Å². The van der Waals surface area contributed by atoms with E-state index in [1.165, 1.54) is 6.33 Å². The predicted molar refractivity (Wildman–Crippen MR) is 99.8 cm³/mol. The van der Waals surface area contributed by atoms with E-state index in [-0.39, 0.29) is 5.91 Å². The first-order valence-corrected chi connectivity index (χ1v) is 9.27. The van der Waals surface area contributed by atoms with Crippen LogP contribution >= 0.6 is 0 Å². The minimum atomic E-state index is 0.0930. The minimum Gasteiger partial charge on any atom is -0.337 e. The summed E-state index contributed by atoms with van der Waals surface area (Å²) in [7, 11) is 0. The molecule has 1 aliphatic heterocycles. The molecule has 0 saturated carbocycles. The van der Waals surface area contributed by atoms with Crippen molar-refractivity contribution in [1.82, 2.24) is 44.9 Å². The number of carbonyl (C=O) groups is 1. The lowest BCUT2D eigenvalue weighted by molar-refractivity contribution is -0.132. The van der Waals surface area contributed by atoms with Crippen LogP contribution in [0, 0.1) is 0 Å². The van der Waals surface area contributed by atoms with Gasteiger partial charge in [-0.05, 0) is 35.0 Å². The van der Waals surface area contributed by atoms with Crippen LogP contribution in [0.1, 0.15) is 18.5 Å². The highest BCUT2D eigenvalue weighted by Crippen LogP contribution is 2.22. The maximum atomic E-state index is 12.6. The van der Waals surface area contributed by atoms with Crippen molar-refractivity contribution < 1.29 is 4.79 Å². The molecule has 5 rings (SSSR count). The molecule has 0 atom stereocenters. The SMILES string of the molecule is O=C(CCn1cnnn1)N1CCCn2nc(-c3nc4ccccc4[nH]3)cc2C1. The summed E-state index contributed by atoms with van der Waals surface area (Å²) in [5.41, 5.74) is 3.72. The molecule has 0 spiro atoms. The van der Waals surface area contributed by atoms with E-state index in [4.69, 9.17) is 5.10 Å². The largest absolute Gasteiger partial charge is 0.337 e. The van der Waals surface area contributed by atoms with E-state index in [2.05, 4.69) is 25.5 Å². The number of hydrogen-bond acceptors (Lipinski definition) is 6. The van der Waals surface area contributed by atoms with E-state index >= 15 is 0 Å². The Morgan fingerprint density at radius 2 is 2.14 bits per heavy atom. The van der Waals surface area contributed by atoms with E-state index < -0.39 is 0 Å². The topological polar surface area (TPSA) is 110 Å². The Hall–Kier alpha value is -3.56. The lowest BCUT2D eigenvalue weighted by Crippen LogP contribution is -2.31. The number of carbonyl (C=O) groups excluding carboxylic acids is 1. The van der Waals surface area contributed by atoms with Crippen LogP contribution < -0.4 is 0 Å². The summed E-state index contributed by atoms with van der Waals surface area (Å²) in [6, 6.07) is 9.93. The highest BCUT2D eigenvalue weighted by molar-refractivity contribution is 5.78. The van der Waals surface area contributed by atoms with Crippen LogP contribution in [0.4, 0.5) is 0 Å². The normalized spacial score (nSPS) is 14.2. The van der Waals surface area contributed by atoms with Crippen molar-refractivity contribution in [2.45, 2.75) is 32.5 Å². The number of amides is 1. The van der Waals surface area contributed by atoms with Gasteiger partial charge in [0.2, 0.25) is 5.91 Å². The molecule has 0 unspecified atom stereocenters. The Bertz CT molecular complexity index is 1080. The Balaban J connectivity index is 1.34. The molecule has 1 aliphatic rings. The van der Waals surface area contributed by atoms with Crippen LogP contribution in [0.15, 0.2) is 36.7 Å². The molecular formula is C18H19N9O. The van der Waals surface area contributed by atoms with Crippen LogP contribution in [0.5, 0.6) is 0 Å². The van der Waals surface area contributed by atoms with Crippen LogP contribution in [0.2, 0.25) is 0 Å². The smallest absolute Gasteiger partial charge is 0.224 e. The number of imidazole rings is 1. The van der Waals surface area contributed by atoms with Crippen molar-refractivity contribution in [3.8, 4) is 11.5 Å². The van der Waals surface area contributed by atoms with Gasteiger partial charge in [-0.3, -0.25) is 9.48 Å². The molecular weight excluding hydrogens is 358 g/mol. The average Bonchev–Trinajstić information content (AvgIpc) is 3.43. The molecule has 0 fully saturated rings. The molecule has 28 heavy (non-hydrogen) atoms. The molecule has 0 radical (unpaired) electrons. The summed E-state index contributed by atoms with van der Waals surface area (Å²) in [6.45, 7) is 2.53. The van der Waals surface area contributed by atoms with Gasteiger partial charge in [-0.15, -0.1) is 5.10 Å². The average molecular weight is 377 g/mol. The van der Waals surface area contributed by atoms with Gasteiger partial charge >= 0.3 is 0 Å².